The molecular weight excluding hydrogens is 326 g/mol. The van der Waals surface area contributed by atoms with Gasteiger partial charge in [0, 0.05) is 11.8 Å². The number of nitrogens with one attached hydrogen (secondary N) is 1. The van der Waals surface area contributed by atoms with E-state index in [9.17, 15) is 13.6 Å². The smallest absolute Gasteiger partial charge is 0.270 e. The van der Waals surface area contributed by atoms with Crippen molar-refractivity contribution in [3.05, 3.63) is 52.9 Å². The number of amides is 1. The molecule has 0 atom stereocenters. The van der Waals surface area contributed by atoms with E-state index in [0.717, 1.165) is 6.07 Å². The van der Waals surface area contributed by atoms with Crippen LogP contribution < -0.4 is 11.1 Å². The zero-order valence-electron chi connectivity index (χ0n) is 14.1. The number of nitrogens with two attached hydrogens (primary N) is 1. The minimum absolute atomic E-state index is 0.0324. The molecule has 1 amide bonds. The van der Waals surface area contributed by atoms with Gasteiger partial charge in [-0.1, -0.05) is 13.8 Å². The lowest BCUT2D eigenvalue weighted by Gasteiger charge is -2.18. The molecule has 1 fully saturated rings. The van der Waals surface area contributed by atoms with E-state index in [1.165, 1.54) is 12.1 Å². The van der Waals surface area contributed by atoms with E-state index < -0.39 is 23.1 Å². The molecular formula is C18H20F2N4O. The number of carbonyl (C=O) groups is 1. The van der Waals surface area contributed by atoms with Crippen LogP contribution in [0.3, 0.4) is 0 Å². The highest BCUT2D eigenvalue weighted by Gasteiger charge is 2.46. The number of anilines is 1. The molecule has 5 nitrogen and oxygen atoms in total. The first kappa shape index (κ1) is 17.3. The largest absolute Gasteiger partial charge is 0.368 e. The summed E-state index contributed by atoms with van der Waals surface area (Å²) < 4.78 is 27.0. The molecule has 1 heterocycles. The number of hydrogen-bond donors (Lipinski definition) is 2. The Morgan fingerprint density at radius 2 is 1.84 bits per heavy atom. The first-order valence-electron chi connectivity index (χ1n) is 8.20. The molecule has 0 saturated heterocycles. The van der Waals surface area contributed by atoms with Gasteiger partial charge in [0.15, 0.2) is 0 Å². The molecule has 1 aromatic heterocycles. The highest BCUT2D eigenvalue weighted by Crippen LogP contribution is 2.46. The van der Waals surface area contributed by atoms with E-state index in [1.807, 2.05) is 13.8 Å². The Bertz CT molecular complexity index is 798. The average Bonchev–Trinajstić information content (AvgIpc) is 3.25. The van der Waals surface area contributed by atoms with Gasteiger partial charge in [0.05, 0.1) is 5.54 Å². The minimum Gasteiger partial charge on any atom is -0.368 e. The number of aromatic nitrogens is 2. The number of carbonyl (C=O) groups excluding carboxylic acids is 1. The van der Waals surface area contributed by atoms with Crippen molar-refractivity contribution in [1.29, 1.82) is 0 Å². The van der Waals surface area contributed by atoms with Gasteiger partial charge in [0.1, 0.15) is 17.3 Å². The molecule has 132 valence electrons. The maximum absolute atomic E-state index is 13.5. The van der Waals surface area contributed by atoms with Crippen LogP contribution in [-0.4, -0.2) is 15.9 Å². The standard InChI is InChI=1S/C18H20F2N4O/c1-10(2)5-14-9-15(23-17(21)22-14)16(25)24-18(3-4-18)11-6-12(19)8-13(20)7-11/h6-10H,3-5H2,1-2H3,(H,24,25)(H2,21,22,23). The molecule has 3 rings (SSSR count). The highest BCUT2D eigenvalue weighted by molar-refractivity contribution is 5.93. The normalized spacial score (nSPS) is 15.2. The molecule has 2 aromatic rings. The van der Waals surface area contributed by atoms with E-state index in [4.69, 9.17) is 5.73 Å². The van der Waals surface area contributed by atoms with Crippen molar-refractivity contribution >= 4 is 11.9 Å². The van der Waals surface area contributed by atoms with E-state index >= 15 is 0 Å². The van der Waals surface area contributed by atoms with Crippen molar-refractivity contribution < 1.29 is 13.6 Å². The van der Waals surface area contributed by atoms with Crippen LogP contribution in [0.4, 0.5) is 14.7 Å². The Hall–Kier alpha value is -2.57. The van der Waals surface area contributed by atoms with Crippen LogP contribution in [0.2, 0.25) is 0 Å². The molecule has 1 saturated carbocycles. The van der Waals surface area contributed by atoms with Crippen LogP contribution in [0.15, 0.2) is 24.3 Å². The van der Waals surface area contributed by atoms with Crippen molar-refractivity contribution in [1.82, 2.24) is 15.3 Å². The second kappa shape index (κ2) is 6.38. The van der Waals surface area contributed by atoms with Crippen molar-refractivity contribution in [3.8, 4) is 0 Å². The van der Waals surface area contributed by atoms with Crippen LogP contribution in [0.1, 0.15) is 48.4 Å². The second-order valence-electron chi connectivity index (χ2n) is 6.90. The van der Waals surface area contributed by atoms with Gasteiger partial charge in [-0.05, 0) is 48.9 Å². The molecule has 1 aliphatic rings. The van der Waals surface area contributed by atoms with Crippen molar-refractivity contribution in [2.24, 2.45) is 5.92 Å². The number of benzene rings is 1. The maximum atomic E-state index is 13.5. The first-order chi connectivity index (χ1) is 11.8. The summed E-state index contributed by atoms with van der Waals surface area (Å²) in [6.07, 6.45) is 1.90. The summed E-state index contributed by atoms with van der Waals surface area (Å²) in [5, 5.41) is 2.84. The van der Waals surface area contributed by atoms with Crippen LogP contribution in [0, 0.1) is 17.6 Å². The quantitative estimate of drug-likeness (QED) is 0.872. The lowest BCUT2D eigenvalue weighted by Crippen LogP contribution is -2.35. The van der Waals surface area contributed by atoms with Crippen molar-refractivity contribution in [2.75, 3.05) is 5.73 Å². The summed E-state index contributed by atoms with van der Waals surface area (Å²) in [5.74, 6) is -1.37. The highest BCUT2D eigenvalue weighted by atomic mass is 19.1. The van der Waals surface area contributed by atoms with Crippen LogP contribution in [0.5, 0.6) is 0 Å². The third kappa shape index (κ3) is 3.92. The molecule has 0 radical (unpaired) electrons. The lowest BCUT2D eigenvalue weighted by molar-refractivity contribution is 0.0925. The number of nitrogen functional groups attached to an aromatic ring is 1. The molecule has 1 aromatic carbocycles. The molecule has 1 aliphatic carbocycles. The fraction of sp³-hybridized carbons (Fsp3) is 0.389. The molecule has 0 aliphatic heterocycles. The minimum atomic E-state index is -0.752. The molecule has 7 heteroatoms. The van der Waals surface area contributed by atoms with E-state index in [2.05, 4.69) is 15.3 Å². The summed E-state index contributed by atoms with van der Waals surface area (Å²) >= 11 is 0. The summed E-state index contributed by atoms with van der Waals surface area (Å²) in [4.78, 5) is 20.7. The van der Waals surface area contributed by atoms with Crippen LogP contribution in [0.25, 0.3) is 0 Å². The topological polar surface area (TPSA) is 80.9 Å². The van der Waals surface area contributed by atoms with Gasteiger partial charge in [0.2, 0.25) is 5.95 Å². The Morgan fingerprint density at radius 3 is 2.40 bits per heavy atom. The number of halogens is 2. The summed E-state index contributed by atoms with van der Waals surface area (Å²) in [6, 6.07) is 4.91. The van der Waals surface area contributed by atoms with Crippen molar-refractivity contribution in [3.63, 3.8) is 0 Å². The molecule has 0 bridgehead atoms. The number of nitrogens with zero attached hydrogens (tertiary/aromatic N) is 2. The molecule has 25 heavy (non-hydrogen) atoms. The number of rotatable bonds is 5. The fourth-order valence-corrected chi connectivity index (χ4v) is 2.88. The Kier molecular flexibility index (Phi) is 4.41. The number of hydrogen-bond acceptors (Lipinski definition) is 4. The first-order valence-corrected chi connectivity index (χ1v) is 8.20. The molecule has 0 unspecified atom stereocenters. The maximum Gasteiger partial charge on any atom is 0.270 e. The van der Waals surface area contributed by atoms with Gasteiger partial charge in [0.25, 0.3) is 5.91 Å². The van der Waals surface area contributed by atoms with E-state index in [-0.39, 0.29) is 11.6 Å². The third-order valence-electron chi connectivity index (χ3n) is 4.16. The zero-order chi connectivity index (χ0) is 18.2. The second-order valence-corrected chi connectivity index (χ2v) is 6.90. The Morgan fingerprint density at radius 1 is 1.20 bits per heavy atom. The Labute approximate surface area is 144 Å². The van der Waals surface area contributed by atoms with Gasteiger partial charge in [-0.15, -0.1) is 0 Å². The predicted octanol–water partition coefficient (Wildman–Crippen LogP) is 2.95. The Balaban J connectivity index is 1.83. The van der Waals surface area contributed by atoms with Crippen molar-refractivity contribution in [2.45, 2.75) is 38.6 Å². The zero-order valence-corrected chi connectivity index (χ0v) is 14.1. The molecule has 0 spiro atoms. The predicted molar refractivity (Wildman–Crippen MR) is 89.7 cm³/mol. The van der Waals surface area contributed by atoms with Crippen LogP contribution in [-0.2, 0) is 12.0 Å². The fourth-order valence-electron chi connectivity index (χ4n) is 2.88. The third-order valence-corrected chi connectivity index (χ3v) is 4.16. The molecule has 3 N–H and O–H groups in total. The SMILES string of the molecule is CC(C)Cc1cc(C(=O)NC2(c3cc(F)cc(F)c3)CC2)nc(N)n1. The monoisotopic (exact) mass is 346 g/mol. The van der Waals surface area contributed by atoms with E-state index in [1.54, 1.807) is 6.07 Å². The van der Waals surface area contributed by atoms with Crippen LogP contribution >= 0.6 is 0 Å². The average molecular weight is 346 g/mol. The summed E-state index contributed by atoms with van der Waals surface area (Å²) in [7, 11) is 0. The van der Waals surface area contributed by atoms with Gasteiger partial charge in [-0.25, -0.2) is 18.7 Å². The van der Waals surface area contributed by atoms with Gasteiger partial charge >= 0.3 is 0 Å². The lowest BCUT2D eigenvalue weighted by atomic mass is 10.0. The summed E-state index contributed by atoms with van der Waals surface area (Å²) in [6.45, 7) is 4.07. The van der Waals surface area contributed by atoms with Gasteiger partial charge in [-0.3, -0.25) is 4.79 Å². The summed E-state index contributed by atoms with van der Waals surface area (Å²) in [5.41, 5.74) is 6.22. The van der Waals surface area contributed by atoms with Gasteiger partial charge < -0.3 is 11.1 Å². The van der Waals surface area contributed by atoms with Gasteiger partial charge in [-0.2, -0.15) is 0 Å². The van der Waals surface area contributed by atoms with E-state index in [0.29, 0.717) is 36.4 Å².